The SMILES string of the molecule is O=C(NCC1CCOC1)c1cc(Cc2cccc(-c3ccccc3)c2)on1. The lowest BCUT2D eigenvalue weighted by Gasteiger charge is -2.07. The van der Waals surface area contributed by atoms with Gasteiger partial charge in [0.2, 0.25) is 0 Å². The van der Waals surface area contributed by atoms with Crippen LogP contribution < -0.4 is 5.32 Å². The summed E-state index contributed by atoms with van der Waals surface area (Å²) in [7, 11) is 0. The monoisotopic (exact) mass is 362 g/mol. The molecule has 138 valence electrons. The number of nitrogens with one attached hydrogen (secondary N) is 1. The molecule has 1 aliphatic heterocycles. The minimum absolute atomic E-state index is 0.199. The van der Waals surface area contributed by atoms with E-state index in [2.05, 4.69) is 40.8 Å². The summed E-state index contributed by atoms with van der Waals surface area (Å²) in [6.07, 6.45) is 1.58. The average molecular weight is 362 g/mol. The second-order valence-electron chi connectivity index (χ2n) is 6.86. The molecule has 1 saturated heterocycles. The van der Waals surface area contributed by atoms with E-state index in [1.165, 1.54) is 5.56 Å². The first-order valence-electron chi connectivity index (χ1n) is 9.24. The Balaban J connectivity index is 1.39. The molecule has 0 aliphatic carbocycles. The van der Waals surface area contributed by atoms with Gasteiger partial charge in [-0.05, 0) is 23.1 Å². The Kier molecular flexibility index (Phi) is 5.30. The highest BCUT2D eigenvalue weighted by Crippen LogP contribution is 2.21. The smallest absolute Gasteiger partial charge is 0.273 e. The molecule has 1 unspecified atom stereocenters. The fourth-order valence-electron chi connectivity index (χ4n) is 3.27. The molecule has 5 nitrogen and oxygen atoms in total. The predicted molar refractivity (Wildman–Crippen MR) is 102 cm³/mol. The molecule has 4 rings (SSSR count). The summed E-state index contributed by atoms with van der Waals surface area (Å²) in [6.45, 7) is 2.10. The van der Waals surface area contributed by atoms with Gasteiger partial charge in [0.25, 0.3) is 5.91 Å². The number of hydrogen-bond donors (Lipinski definition) is 1. The van der Waals surface area contributed by atoms with Gasteiger partial charge >= 0.3 is 0 Å². The molecule has 27 heavy (non-hydrogen) atoms. The van der Waals surface area contributed by atoms with Crippen molar-refractivity contribution in [2.45, 2.75) is 12.8 Å². The summed E-state index contributed by atoms with van der Waals surface area (Å²) in [5.74, 6) is 0.866. The van der Waals surface area contributed by atoms with Crippen molar-refractivity contribution in [3.05, 3.63) is 77.7 Å². The number of carbonyl (C=O) groups excluding carboxylic acids is 1. The van der Waals surface area contributed by atoms with Crippen LogP contribution in [-0.2, 0) is 11.2 Å². The molecule has 1 atom stereocenters. The number of carbonyl (C=O) groups is 1. The zero-order valence-electron chi connectivity index (χ0n) is 15.1. The third-order valence-electron chi connectivity index (χ3n) is 4.78. The highest BCUT2D eigenvalue weighted by Gasteiger charge is 2.18. The van der Waals surface area contributed by atoms with Gasteiger partial charge in [-0.2, -0.15) is 0 Å². The number of ether oxygens (including phenoxy) is 1. The Labute approximate surface area is 158 Å². The van der Waals surface area contributed by atoms with Gasteiger partial charge in [0.1, 0.15) is 5.76 Å². The van der Waals surface area contributed by atoms with Crippen LogP contribution in [0.15, 0.2) is 65.2 Å². The summed E-state index contributed by atoms with van der Waals surface area (Å²) >= 11 is 0. The Morgan fingerprint density at radius 3 is 2.74 bits per heavy atom. The molecule has 2 aromatic carbocycles. The van der Waals surface area contributed by atoms with Gasteiger partial charge in [0.15, 0.2) is 5.69 Å². The quantitative estimate of drug-likeness (QED) is 0.726. The highest BCUT2D eigenvalue weighted by atomic mass is 16.5. The van der Waals surface area contributed by atoms with Crippen molar-refractivity contribution < 1.29 is 14.1 Å². The van der Waals surface area contributed by atoms with Crippen molar-refractivity contribution >= 4 is 5.91 Å². The van der Waals surface area contributed by atoms with Gasteiger partial charge in [-0.3, -0.25) is 4.79 Å². The first kappa shape index (κ1) is 17.5. The summed E-state index contributed by atoms with van der Waals surface area (Å²) in [4.78, 5) is 12.2. The van der Waals surface area contributed by atoms with Crippen LogP contribution in [0.2, 0.25) is 0 Å². The van der Waals surface area contributed by atoms with Crippen LogP contribution in [0, 0.1) is 5.92 Å². The van der Waals surface area contributed by atoms with Crippen LogP contribution in [0.1, 0.15) is 28.2 Å². The molecule has 0 radical (unpaired) electrons. The van der Waals surface area contributed by atoms with E-state index in [-0.39, 0.29) is 5.91 Å². The molecule has 2 heterocycles. The Bertz CT molecular complexity index is 899. The number of hydrogen-bond acceptors (Lipinski definition) is 4. The van der Waals surface area contributed by atoms with Crippen molar-refractivity contribution in [2.75, 3.05) is 19.8 Å². The van der Waals surface area contributed by atoms with Crippen LogP contribution in [0.3, 0.4) is 0 Å². The van der Waals surface area contributed by atoms with E-state index >= 15 is 0 Å². The van der Waals surface area contributed by atoms with Crippen molar-refractivity contribution in [1.82, 2.24) is 10.5 Å². The van der Waals surface area contributed by atoms with E-state index in [4.69, 9.17) is 9.26 Å². The molecule has 1 aromatic heterocycles. The normalized spacial score (nSPS) is 16.4. The fourth-order valence-corrected chi connectivity index (χ4v) is 3.27. The molecular weight excluding hydrogens is 340 g/mol. The van der Waals surface area contributed by atoms with Gasteiger partial charge in [0.05, 0.1) is 6.61 Å². The number of amides is 1. The Hall–Kier alpha value is -2.92. The van der Waals surface area contributed by atoms with Crippen LogP contribution >= 0.6 is 0 Å². The summed E-state index contributed by atoms with van der Waals surface area (Å²) in [5.41, 5.74) is 3.77. The molecule has 0 saturated carbocycles. The Morgan fingerprint density at radius 1 is 1.07 bits per heavy atom. The van der Waals surface area contributed by atoms with Crippen LogP contribution in [0.5, 0.6) is 0 Å². The fraction of sp³-hybridized carbons (Fsp3) is 0.273. The lowest BCUT2D eigenvalue weighted by atomic mass is 10.0. The standard InChI is InChI=1S/C22H22N2O3/c25-22(23-14-17-9-10-26-15-17)21-13-20(27-24-21)12-16-5-4-8-19(11-16)18-6-2-1-3-7-18/h1-8,11,13,17H,9-10,12,14-15H2,(H,23,25). The largest absolute Gasteiger partial charge is 0.381 e. The zero-order valence-corrected chi connectivity index (χ0v) is 15.1. The number of benzene rings is 2. The highest BCUT2D eigenvalue weighted by molar-refractivity contribution is 5.92. The predicted octanol–water partition coefficient (Wildman–Crippen LogP) is 3.70. The lowest BCUT2D eigenvalue weighted by molar-refractivity contribution is 0.0936. The topological polar surface area (TPSA) is 64.4 Å². The van der Waals surface area contributed by atoms with E-state index < -0.39 is 0 Å². The average Bonchev–Trinajstić information content (AvgIpc) is 3.39. The third-order valence-corrected chi connectivity index (χ3v) is 4.78. The Morgan fingerprint density at radius 2 is 1.93 bits per heavy atom. The molecule has 1 aliphatic rings. The molecule has 1 fully saturated rings. The molecule has 5 heteroatoms. The molecule has 1 N–H and O–H groups in total. The molecule has 1 amide bonds. The van der Waals surface area contributed by atoms with Crippen molar-refractivity contribution in [3.63, 3.8) is 0 Å². The molecule has 0 spiro atoms. The maximum absolute atomic E-state index is 12.2. The van der Waals surface area contributed by atoms with E-state index in [0.717, 1.165) is 24.2 Å². The molecular formula is C22H22N2O3. The van der Waals surface area contributed by atoms with Crippen molar-refractivity contribution in [3.8, 4) is 11.1 Å². The van der Waals surface area contributed by atoms with Gasteiger partial charge < -0.3 is 14.6 Å². The minimum atomic E-state index is -0.199. The van der Waals surface area contributed by atoms with E-state index in [9.17, 15) is 4.79 Å². The van der Waals surface area contributed by atoms with Gasteiger partial charge in [0, 0.05) is 31.6 Å². The van der Waals surface area contributed by atoms with E-state index in [1.54, 1.807) is 6.07 Å². The lowest BCUT2D eigenvalue weighted by Crippen LogP contribution is -2.29. The molecule has 3 aromatic rings. The van der Waals surface area contributed by atoms with E-state index in [0.29, 0.717) is 36.9 Å². The van der Waals surface area contributed by atoms with Gasteiger partial charge in [-0.1, -0.05) is 59.8 Å². The second-order valence-corrected chi connectivity index (χ2v) is 6.86. The van der Waals surface area contributed by atoms with Crippen molar-refractivity contribution in [2.24, 2.45) is 5.92 Å². The van der Waals surface area contributed by atoms with Crippen LogP contribution in [-0.4, -0.2) is 30.8 Å². The third kappa shape index (κ3) is 4.44. The van der Waals surface area contributed by atoms with Gasteiger partial charge in [-0.25, -0.2) is 0 Å². The number of rotatable bonds is 6. The number of aromatic nitrogens is 1. The summed E-state index contributed by atoms with van der Waals surface area (Å²) in [6, 6.07) is 20.3. The maximum Gasteiger partial charge on any atom is 0.273 e. The first-order chi connectivity index (χ1) is 13.3. The summed E-state index contributed by atoms with van der Waals surface area (Å²) < 4.78 is 10.7. The van der Waals surface area contributed by atoms with Crippen molar-refractivity contribution in [1.29, 1.82) is 0 Å². The zero-order chi connectivity index (χ0) is 18.5. The maximum atomic E-state index is 12.2. The second kappa shape index (κ2) is 8.18. The summed E-state index contributed by atoms with van der Waals surface area (Å²) in [5, 5.41) is 6.83. The number of nitrogens with zero attached hydrogens (tertiary/aromatic N) is 1. The minimum Gasteiger partial charge on any atom is -0.381 e. The molecule has 0 bridgehead atoms. The van der Waals surface area contributed by atoms with Gasteiger partial charge in [-0.15, -0.1) is 0 Å². The van der Waals surface area contributed by atoms with Crippen LogP contribution in [0.25, 0.3) is 11.1 Å². The van der Waals surface area contributed by atoms with Crippen LogP contribution in [0.4, 0.5) is 0 Å². The first-order valence-corrected chi connectivity index (χ1v) is 9.24. The van der Waals surface area contributed by atoms with E-state index in [1.807, 2.05) is 24.3 Å².